The van der Waals surface area contributed by atoms with Crippen molar-refractivity contribution in [1.29, 1.82) is 0 Å². The number of hydrogen-bond acceptors (Lipinski definition) is 6. The number of benzene rings is 2. The van der Waals surface area contributed by atoms with Crippen LogP contribution in [0.2, 0.25) is 0 Å². The van der Waals surface area contributed by atoms with Gasteiger partial charge in [0.15, 0.2) is 11.5 Å². The number of nitrogens with zero attached hydrogens (tertiary/aromatic N) is 1. The fourth-order valence-electron chi connectivity index (χ4n) is 5.71. The number of unbranched alkanes of at least 4 members (excludes halogenated alkanes) is 1. The van der Waals surface area contributed by atoms with Gasteiger partial charge in [0, 0.05) is 36.3 Å². The number of carbonyl (C=O) groups is 3. The number of carbonyl (C=O) groups excluding carboxylic acids is 3. The molecule has 4 N–H and O–H groups in total. The molecule has 234 valence electrons. The zero-order valence-electron chi connectivity index (χ0n) is 25.5. The molecule has 1 aliphatic carbocycles. The minimum atomic E-state index is -0.705. The number of rotatable bonds is 12. The Balaban J connectivity index is 1.35. The van der Waals surface area contributed by atoms with Gasteiger partial charge in [-0.15, -0.1) is 11.8 Å². The Hall–Kier alpha value is -3.60. The summed E-state index contributed by atoms with van der Waals surface area (Å²) in [5.41, 5.74) is 2.78. The third-order valence-electron chi connectivity index (χ3n) is 8.13. The average Bonchev–Trinajstić information content (AvgIpc) is 3.03. The molecule has 1 fully saturated rings. The Kier molecular flexibility index (Phi) is 12.3. The number of ether oxygens (including phenoxy) is 2. The molecule has 11 heteroatoms. The summed E-state index contributed by atoms with van der Waals surface area (Å²) in [6.07, 6.45) is 10.1. The van der Waals surface area contributed by atoms with Crippen molar-refractivity contribution in [3.63, 3.8) is 0 Å². The smallest absolute Gasteiger partial charge is 0.319 e. The molecule has 2 aromatic carbocycles. The number of methoxy groups -OCH3 is 2. The quantitative estimate of drug-likeness (QED) is 0.191. The van der Waals surface area contributed by atoms with Crippen LogP contribution in [0.15, 0.2) is 41.3 Å². The van der Waals surface area contributed by atoms with Crippen LogP contribution in [0.4, 0.5) is 15.3 Å². The van der Waals surface area contributed by atoms with Gasteiger partial charge in [-0.2, -0.15) is 0 Å². The monoisotopic (exact) mass is 611 g/mol. The standard InChI is InChI=1S/C32H45N5O5S/c1-41-28-19-22-16-18-37(21-23(22)20-29(28)42-2)30(38)27(36-32(40)35-25-12-14-26(43-3)15-13-25)11-7-8-17-33-31(39)34-24-9-5-4-6-10-24/h12-15,19-20,24,27H,4-11,16-18,21H2,1-3H3,(H2,33,34,39)(H2,35,36,40). The lowest BCUT2D eigenvalue weighted by molar-refractivity contribution is -0.134. The van der Waals surface area contributed by atoms with Crippen LogP contribution in [0.3, 0.4) is 0 Å². The molecule has 10 nitrogen and oxygen atoms in total. The molecular formula is C32H45N5O5S. The van der Waals surface area contributed by atoms with Crippen molar-refractivity contribution in [2.75, 3.05) is 38.9 Å². The normalized spacial score (nSPS) is 15.6. The fraction of sp³-hybridized carbons (Fsp3) is 0.531. The van der Waals surface area contributed by atoms with Crippen LogP contribution in [0.25, 0.3) is 0 Å². The van der Waals surface area contributed by atoms with E-state index in [0.717, 1.165) is 41.7 Å². The molecule has 2 aliphatic rings. The van der Waals surface area contributed by atoms with E-state index in [4.69, 9.17) is 9.47 Å². The van der Waals surface area contributed by atoms with Crippen LogP contribution in [0.5, 0.6) is 11.5 Å². The second kappa shape index (κ2) is 16.3. The minimum Gasteiger partial charge on any atom is -0.493 e. The molecule has 43 heavy (non-hydrogen) atoms. The lowest BCUT2D eigenvalue weighted by atomic mass is 9.96. The van der Waals surface area contributed by atoms with E-state index in [9.17, 15) is 14.4 Å². The number of nitrogens with one attached hydrogen (secondary N) is 4. The van der Waals surface area contributed by atoms with Gasteiger partial charge in [0.05, 0.1) is 14.2 Å². The SMILES string of the molecule is COc1cc2c(cc1OC)CN(C(=O)C(CCCCNC(=O)NC1CCCCC1)NC(=O)Nc1ccc(SC)cc1)CC2. The Morgan fingerprint density at radius 3 is 2.33 bits per heavy atom. The van der Waals surface area contributed by atoms with Gasteiger partial charge in [-0.05, 0) is 92.3 Å². The van der Waals surface area contributed by atoms with Gasteiger partial charge in [-0.3, -0.25) is 4.79 Å². The second-order valence-corrected chi connectivity index (χ2v) is 12.0. The largest absolute Gasteiger partial charge is 0.493 e. The molecule has 5 amide bonds. The van der Waals surface area contributed by atoms with Gasteiger partial charge in [-0.1, -0.05) is 19.3 Å². The van der Waals surface area contributed by atoms with Crippen molar-refractivity contribution >= 4 is 35.4 Å². The number of thioether (sulfide) groups is 1. The summed E-state index contributed by atoms with van der Waals surface area (Å²) in [5.74, 6) is 1.16. The number of fused-ring (bicyclic) bond motifs is 1. The van der Waals surface area contributed by atoms with Crippen LogP contribution in [-0.4, -0.2) is 68.5 Å². The molecular weight excluding hydrogens is 566 g/mol. The minimum absolute atomic E-state index is 0.128. The molecule has 0 radical (unpaired) electrons. The first kappa shape index (κ1) is 32.3. The molecule has 1 atom stereocenters. The fourth-order valence-corrected chi connectivity index (χ4v) is 6.12. The van der Waals surface area contributed by atoms with Crippen LogP contribution in [0, 0.1) is 0 Å². The first-order valence-corrected chi connectivity index (χ1v) is 16.4. The molecule has 1 aliphatic heterocycles. The van der Waals surface area contributed by atoms with E-state index in [1.54, 1.807) is 30.9 Å². The molecule has 1 heterocycles. The van der Waals surface area contributed by atoms with Gasteiger partial charge < -0.3 is 35.6 Å². The van der Waals surface area contributed by atoms with Crippen molar-refractivity contribution in [2.24, 2.45) is 0 Å². The van der Waals surface area contributed by atoms with Crippen molar-refractivity contribution in [2.45, 2.75) is 81.3 Å². The first-order valence-electron chi connectivity index (χ1n) is 15.2. The molecule has 0 spiro atoms. The molecule has 1 saturated carbocycles. The number of anilines is 1. The molecule has 0 bridgehead atoms. The molecule has 1 unspecified atom stereocenters. The van der Waals surface area contributed by atoms with Crippen LogP contribution < -0.4 is 30.7 Å². The van der Waals surface area contributed by atoms with Gasteiger partial charge >= 0.3 is 12.1 Å². The number of urea groups is 2. The molecule has 4 rings (SSSR count). The van der Waals surface area contributed by atoms with Gasteiger partial charge in [0.2, 0.25) is 5.91 Å². The maximum atomic E-state index is 13.8. The number of hydrogen-bond donors (Lipinski definition) is 4. The molecule has 0 aromatic heterocycles. The Bertz CT molecular complexity index is 1240. The third-order valence-corrected chi connectivity index (χ3v) is 8.87. The van der Waals surface area contributed by atoms with Gasteiger partial charge in [0.25, 0.3) is 0 Å². The van der Waals surface area contributed by atoms with E-state index in [1.165, 1.54) is 6.42 Å². The van der Waals surface area contributed by atoms with Crippen LogP contribution >= 0.6 is 11.8 Å². The Labute approximate surface area is 259 Å². The van der Waals surface area contributed by atoms with Crippen molar-refractivity contribution < 1.29 is 23.9 Å². The molecule has 2 aromatic rings. The van der Waals surface area contributed by atoms with Gasteiger partial charge in [-0.25, -0.2) is 9.59 Å². The van der Waals surface area contributed by atoms with E-state index in [-0.39, 0.29) is 18.0 Å². The van der Waals surface area contributed by atoms with E-state index < -0.39 is 12.1 Å². The highest BCUT2D eigenvalue weighted by atomic mass is 32.2. The predicted octanol–water partition coefficient (Wildman–Crippen LogP) is 5.30. The summed E-state index contributed by atoms with van der Waals surface area (Å²) in [7, 11) is 3.21. The lowest BCUT2D eigenvalue weighted by Crippen LogP contribution is -2.50. The van der Waals surface area contributed by atoms with E-state index in [0.29, 0.717) is 62.5 Å². The summed E-state index contributed by atoms with van der Waals surface area (Å²) in [5, 5.41) is 11.8. The highest BCUT2D eigenvalue weighted by molar-refractivity contribution is 7.98. The van der Waals surface area contributed by atoms with E-state index in [2.05, 4.69) is 21.3 Å². The Morgan fingerprint density at radius 1 is 0.953 bits per heavy atom. The third kappa shape index (κ3) is 9.44. The zero-order valence-corrected chi connectivity index (χ0v) is 26.3. The van der Waals surface area contributed by atoms with Crippen LogP contribution in [-0.2, 0) is 17.8 Å². The van der Waals surface area contributed by atoms with Crippen molar-refractivity contribution in [3.05, 3.63) is 47.5 Å². The van der Waals surface area contributed by atoms with Crippen molar-refractivity contribution in [3.8, 4) is 11.5 Å². The highest BCUT2D eigenvalue weighted by Gasteiger charge is 2.29. The maximum absolute atomic E-state index is 13.8. The molecule has 0 saturated heterocycles. The summed E-state index contributed by atoms with van der Waals surface area (Å²) >= 11 is 1.63. The summed E-state index contributed by atoms with van der Waals surface area (Å²) in [6, 6.07) is 10.4. The summed E-state index contributed by atoms with van der Waals surface area (Å²) in [6.45, 7) is 1.47. The summed E-state index contributed by atoms with van der Waals surface area (Å²) in [4.78, 5) is 42.0. The first-order chi connectivity index (χ1) is 20.9. The van der Waals surface area contributed by atoms with Crippen LogP contribution in [0.1, 0.15) is 62.5 Å². The van der Waals surface area contributed by atoms with E-state index >= 15 is 0 Å². The topological polar surface area (TPSA) is 121 Å². The summed E-state index contributed by atoms with van der Waals surface area (Å²) < 4.78 is 10.9. The average molecular weight is 612 g/mol. The Morgan fingerprint density at radius 2 is 1.65 bits per heavy atom. The number of amides is 5. The highest BCUT2D eigenvalue weighted by Crippen LogP contribution is 2.33. The van der Waals surface area contributed by atoms with Gasteiger partial charge in [0.1, 0.15) is 6.04 Å². The lowest BCUT2D eigenvalue weighted by Gasteiger charge is -2.32. The van der Waals surface area contributed by atoms with Crippen molar-refractivity contribution in [1.82, 2.24) is 20.9 Å². The predicted molar refractivity (Wildman–Crippen MR) is 170 cm³/mol. The van der Waals surface area contributed by atoms with E-state index in [1.807, 2.05) is 42.7 Å². The zero-order chi connectivity index (χ0) is 30.6. The second-order valence-electron chi connectivity index (χ2n) is 11.1. The maximum Gasteiger partial charge on any atom is 0.319 e.